The van der Waals surface area contributed by atoms with E-state index in [1.165, 1.54) is 18.4 Å². The van der Waals surface area contributed by atoms with Gasteiger partial charge in [0, 0.05) is 12.6 Å². The summed E-state index contributed by atoms with van der Waals surface area (Å²) in [6, 6.07) is 0.403. The number of hydrogen-bond acceptors (Lipinski definition) is 2. The van der Waals surface area contributed by atoms with Crippen molar-refractivity contribution in [2.45, 2.75) is 51.2 Å². The van der Waals surface area contributed by atoms with Gasteiger partial charge in [-0.15, -0.1) is 6.58 Å². The number of hydrogen-bond donors (Lipinski definition) is 1. The molecule has 0 bridgehead atoms. The second kappa shape index (κ2) is 4.94. The van der Waals surface area contributed by atoms with Gasteiger partial charge in [-0.1, -0.05) is 5.57 Å². The van der Waals surface area contributed by atoms with Crippen LogP contribution >= 0.6 is 0 Å². The molecule has 82 valence electrons. The Morgan fingerprint density at radius 1 is 1.57 bits per heavy atom. The zero-order valence-electron chi connectivity index (χ0n) is 9.73. The molecule has 1 aliphatic heterocycles. The molecule has 2 unspecified atom stereocenters. The Morgan fingerprint density at radius 3 is 2.71 bits per heavy atom. The largest absolute Gasteiger partial charge is 0.374 e. The van der Waals surface area contributed by atoms with Gasteiger partial charge in [0.2, 0.25) is 0 Å². The Hall–Kier alpha value is -0.340. The molecule has 0 saturated carbocycles. The van der Waals surface area contributed by atoms with Gasteiger partial charge in [-0.25, -0.2) is 0 Å². The first-order valence-electron chi connectivity index (χ1n) is 5.54. The van der Waals surface area contributed by atoms with Crippen molar-refractivity contribution in [3.05, 3.63) is 12.2 Å². The van der Waals surface area contributed by atoms with Crippen LogP contribution in [0.3, 0.4) is 0 Å². The maximum Gasteiger partial charge on any atom is 0.0809 e. The van der Waals surface area contributed by atoms with Crippen LogP contribution in [0.15, 0.2) is 12.2 Å². The van der Waals surface area contributed by atoms with Crippen molar-refractivity contribution in [1.82, 2.24) is 5.32 Å². The first kappa shape index (κ1) is 11.7. The molecular weight excluding hydrogens is 174 g/mol. The van der Waals surface area contributed by atoms with Crippen LogP contribution < -0.4 is 5.32 Å². The Bertz CT molecular complexity index is 194. The Morgan fingerprint density at radius 2 is 2.29 bits per heavy atom. The van der Waals surface area contributed by atoms with Crippen molar-refractivity contribution in [3.63, 3.8) is 0 Å². The summed E-state index contributed by atoms with van der Waals surface area (Å²) >= 11 is 0. The van der Waals surface area contributed by atoms with Crippen molar-refractivity contribution in [2.24, 2.45) is 0 Å². The van der Waals surface area contributed by atoms with E-state index < -0.39 is 0 Å². The number of likely N-dealkylation sites (N-methyl/N-ethyl adjacent to an activating group) is 1. The SMILES string of the molecule is C=C(C)CC(NC)C1(C)CCCCO1. The van der Waals surface area contributed by atoms with Gasteiger partial charge in [0.25, 0.3) is 0 Å². The molecular formula is C12H23NO. The van der Waals surface area contributed by atoms with Gasteiger partial charge >= 0.3 is 0 Å². The second-order valence-corrected chi connectivity index (χ2v) is 4.62. The van der Waals surface area contributed by atoms with Gasteiger partial charge in [0.1, 0.15) is 0 Å². The lowest BCUT2D eigenvalue weighted by atomic mass is 9.85. The summed E-state index contributed by atoms with van der Waals surface area (Å²) in [6.07, 6.45) is 4.66. The fraction of sp³-hybridized carbons (Fsp3) is 0.833. The molecule has 2 atom stereocenters. The van der Waals surface area contributed by atoms with Crippen LogP contribution in [0.25, 0.3) is 0 Å². The minimum absolute atomic E-state index is 0.00590. The zero-order valence-corrected chi connectivity index (χ0v) is 9.73. The molecule has 0 aliphatic carbocycles. The third-order valence-electron chi connectivity index (χ3n) is 3.14. The topological polar surface area (TPSA) is 21.3 Å². The van der Waals surface area contributed by atoms with E-state index in [1.807, 2.05) is 7.05 Å². The molecule has 0 radical (unpaired) electrons. The van der Waals surface area contributed by atoms with Gasteiger partial charge in [-0.2, -0.15) is 0 Å². The standard InChI is InChI=1S/C12H23NO/c1-10(2)9-11(13-4)12(3)7-5-6-8-14-12/h11,13H,1,5-9H2,2-4H3. The fourth-order valence-corrected chi connectivity index (χ4v) is 2.20. The van der Waals surface area contributed by atoms with Gasteiger partial charge in [-0.05, 0) is 46.6 Å². The highest BCUT2D eigenvalue weighted by molar-refractivity contribution is 5.00. The fourth-order valence-electron chi connectivity index (χ4n) is 2.20. The summed E-state index contributed by atoms with van der Waals surface area (Å²) in [7, 11) is 2.01. The molecule has 1 aliphatic rings. The van der Waals surface area contributed by atoms with Crippen LogP contribution in [0.1, 0.15) is 39.5 Å². The molecule has 0 aromatic carbocycles. The normalized spacial score (nSPS) is 29.9. The van der Waals surface area contributed by atoms with E-state index in [0.29, 0.717) is 6.04 Å². The quantitative estimate of drug-likeness (QED) is 0.699. The van der Waals surface area contributed by atoms with E-state index in [9.17, 15) is 0 Å². The average molecular weight is 197 g/mol. The summed E-state index contributed by atoms with van der Waals surface area (Å²) in [5.74, 6) is 0. The molecule has 0 spiro atoms. The van der Waals surface area contributed by atoms with Gasteiger partial charge in [0.05, 0.1) is 5.60 Å². The van der Waals surface area contributed by atoms with Gasteiger partial charge in [-0.3, -0.25) is 0 Å². The molecule has 0 amide bonds. The number of ether oxygens (including phenoxy) is 1. The van der Waals surface area contributed by atoms with Crippen LogP contribution in [-0.2, 0) is 4.74 Å². The molecule has 1 heterocycles. The molecule has 2 heteroatoms. The van der Waals surface area contributed by atoms with Crippen LogP contribution in [0.2, 0.25) is 0 Å². The van der Waals surface area contributed by atoms with Crippen molar-refractivity contribution in [3.8, 4) is 0 Å². The highest BCUT2D eigenvalue weighted by atomic mass is 16.5. The van der Waals surface area contributed by atoms with Crippen molar-refractivity contribution in [1.29, 1.82) is 0 Å². The second-order valence-electron chi connectivity index (χ2n) is 4.62. The number of rotatable bonds is 4. The van der Waals surface area contributed by atoms with Crippen molar-refractivity contribution >= 4 is 0 Å². The molecule has 1 saturated heterocycles. The molecule has 1 rings (SSSR count). The summed E-state index contributed by atoms with van der Waals surface area (Å²) in [5, 5.41) is 3.36. The lowest BCUT2D eigenvalue weighted by Gasteiger charge is -2.40. The minimum Gasteiger partial charge on any atom is -0.374 e. The van der Waals surface area contributed by atoms with Crippen LogP contribution in [-0.4, -0.2) is 25.3 Å². The summed E-state index contributed by atoms with van der Waals surface area (Å²) in [6.45, 7) is 9.18. The van der Waals surface area contributed by atoms with E-state index in [2.05, 4.69) is 25.7 Å². The maximum absolute atomic E-state index is 5.92. The molecule has 1 fully saturated rings. The van der Waals surface area contributed by atoms with Crippen LogP contribution in [0.5, 0.6) is 0 Å². The average Bonchev–Trinajstić information content (AvgIpc) is 2.15. The summed E-state index contributed by atoms with van der Waals surface area (Å²) in [5.41, 5.74) is 1.23. The molecule has 0 aromatic heterocycles. The molecule has 0 aromatic rings. The lowest BCUT2D eigenvalue weighted by molar-refractivity contribution is -0.0870. The monoisotopic (exact) mass is 197 g/mol. The van der Waals surface area contributed by atoms with E-state index in [1.54, 1.807) is 0 Å². The van der Waals surface area contributed by atoms with Crippen LogP contribution in [0.4, 0.5) is 0 Å². The van der Waals surface area contributed by atoms with Crippen LogP contribution in [0, 0.1) is 0 Å². The maximum atomic E-state index is 5.92. The van der Waals surface area contributed by atoms with E-state index in [4.69, 9.17) is 4.74 Å². The first-order valence-corrected chi connectivity index (χ1v) is 5.54. The van der Waals surface area contributed by atoms with Crippen molar-refractivity contribution < 1.29 is 4.74 Å². The lowest BCUT2D eigenvalue weighted by Crippen LogP contribution is -2.51. The zero-order chi connectivity index (χ0) is 10.6. The Kier molecular flexibility index (Phi) is 4.14. The predicted octanol–water partition coefficient (Wildman–Crippen LogP) is 2.50. The highest BCUT2D eigenvalue weighted by Crippen LogP contribution is 2.30. The third kappa shape index (κ3) is 2.82. The predicted molar refractivity (Wildman–Crippen MR) is 60.5 cm³/mol. The van der Waals surface area contributed by atoms with E-state index in [-0.39, 0.29) is 5.60 Å². The van der Waals surface area contributed by atoms with E-state index in [0.717, 1.165) is 19.4 Å². The molecule has 1 N–H and O–H groups in total. The van der Waals surface area contributed by atoms with E-state index >= 15 is 0 Å². The van der Waals surface area contributed by atoms with Crippen molar-refractivity contribution in [2.75, 3.05) is 13.7 Å². The molecule has 14 heavy (non-hydrogen) atoms. The molecule has 2 nitrogen and oxygen atoms in total. The smallest absolute Gasteiger partial charge is 0.0809 e. The summed E-state index contributed by atoms with van der Waals surface area (Å²) in [4.78, 5) is 0. The number of nitrogens with one attached hydrogen (secondary N) is 1. The van der Waals surface area contributed by atoms with Gasteiger partial charge < -0.3 is 10.1 Å². The van der Waals surface area contributed by atoms with Gasteiger partial charge in [0.15, 0.2) is 0 Å². The summed E-state index contributed by atoms with van der Waals surface area (Å²) < 4.78 is 5.92. The Balaban J connectivity index is 2.60. The first-order chi connectivity index (χ1) is 6.58. The minimum atomic E-state index is 0.00590. The third-order valence-corrected chi connectivity index (χ3v) is 3.14. The Labute approximate surface area is 87.7 Å². The highest BCUT2D eigenvalue weighted by Gasteiger charge is 2.35.